The lowest BCUT2D eigenvalue weighted by molar-refractivity contribution is 0.552. The highest BCUT2D eigenvalue weighted by Gasteiger charge is 2.38. The molecule has 80 valence electrons. The normalized spacial score (nSPS) is 28.7. The van der Waals surface area contributed by atoms with Crippen molar-refractivity contribution >= 4 is 11.4 Å². The fraction of sp³-hybridized carbons (Fsp3) is 0.500. The van der Waals surface area contributed by atoms with E-state index in [1.165, 1.54) is 25.3 Å². The Morgan fingerprint density at radius 1 is 1.33 bits per heavy atom. The van der Waals surface area contributed by atoms with E-state index in [1.807, 2.05) is 0 Å². The maximum atomic E-state index is 13.2. The summed E-state index contributed by atoms with van der Waals surface area (Å²) in [4.78, 5) is 2.28. The molecule has 1 saturated heterocycles. The Kier molecular flexibility index (Phi) is 1.87. The Morgan fingerprint density at radius 3 is 2.87 bits per heavy atom. The van der Waals surface area contributed by atoms with Crippen molar-refractivity contribution in [2.24, 2.45) is 5.92 Å². The molecule has 15 heavy (non-hydrogen) atoms. The molecule has 2 fully saturated rings. The summed E-state index contributed by atoms with van der Waals surface area (Å²) in [6.07, 6.45) is 3.83. The molecule has 2 nitrogen and oxygen atoms in total. The second kappa shape index (κ2) is 3.12. The van der Waals surface area contributed by atoms with Crippen LogP contribution in [0.4, 0.5) is 15.8 Å². The minimum absolute atomic E-state index is 0.193. The van der Waals surface area contributed by atoms with Gasteiger partial charge in [0.15, 0.2) is 0 Å². The Balaban J connectivity index is 1.96. The first-order valence-electron chi connectivity index (χ1n) is 5.55. The number of piperidine rings is 1. The quantitative estimate of drug-likeness (QED) is 0.715. The Morgan fingerprint density at radius 2 is 2.20 bits per heavy atom. The van der Waals surface area contributed by atoms with Crippen LogP contribution in [0.3, 0.4) is 0 Å². The molecule has 2 aliphatic rings. The van der Waals surface area contributed by atoms with Crippen LogP contribution >= 0.6 is 0 Å². The molecule has 1 aromatic rings. The van der Waals surface area contributed by atoms with Gasteiger partial charge in [0, 0.05) is 12.6 Å². The topological polar surface area (TPSA) is 29.3 Å². The van der Waals surface area contributed by atoms with E-state index in [0.29, 0.717) is 11.7 Å². The summed E-state index contributed by atoms with van der Waals surface area (Å²) in [7, 11) is 0. The molecule has 0 radical (unpaired) electrons. The van der Waals surface area contributed by atoms with E-state index in [2.05, 4.69) is 4.90 Å². The summed E-state index contributed by atoms with van der Waals surface area (Å²) < 4.78 is 13.2. The molecule has 0 spiro atoms. The average molecular weight is 206 g/mol. The van der Waals surface area contributed by atoms with Crippen molar-refractivity contribution < 1.29 is 4.39 Å². The molecule has 2 N–H and O–H groups in total. The zero-order valence-electron chi connectivity index (χ0n) is 8.62. The highest BCUT2D eigenvalue weighted by Crippen LogP contribution is 2.41. The van der Waals surface area contributed by atoms with Gasteiger partial charge in [-0.1, -0.05) is 0 Å². The van der Waals surface area contributed by atoms with E-state index in [9.17, 15) is 4.39 Å². The van der Waals surface area contributed by atoms with Crippen molar-refractivity contribution in [2.75, 3.05) is 17.2 Å². The fourth-order valence-electron chi connectivity index (χ4n) is 2.99. The number of anilines is 2. The largest absolute Gasteiger partial charge is 0.397 e. The van der Waals surface area contributed by atoms with Crippen LogP contribution < -0.4 is 10.6 Å². The molecule has 2 unspecified atom stereocenters. The van der Waals surface area contributed by atoms with Gasteiger partial charge in [-0.05, 0) is 43.4 Å². The van der Waals surface area contributed by atoms with Gasteiger partial charge in [-0.3, -0.25) is 0 Å². The molecule has 1 aromatic carbocycles. The molecule has 3 rings (SSSR count). The van der Waals surface area contributed by atoms with Gasteiger partial charge in [-0.15, -0.1) is 0 Å². The van der Waals surface area contributed by atoms with Gasteiger partial charge in [-0.2, -0.15) is 0 Å². The first-order chi connectivity index (χ1) is 7.24. The van der Waals surface area contributed by atoms with Crippen LogP contribution in [0.15, 0.2) is 18.2 Å². The maximum absolute atomic E-state index is 13.2. The Hall–Kier alpha value is -1.25. The van der Waals surface area contributed by atoms with Gasteiger partial charge in [0.1, 0.15) is 5.82 Å². The lowest BCUT2D eigenvalue weighted by Gasteiger charge is -2.30. The summed E-state index contributed by atoms with van der Waals surface area (Å²) in [6.45, 7) is 1.05. The number of rotatable bonds is 1. The molecular weight excluding hydrogens is 191 g/mol. The first kappa shape index (κ1) is 9.01. The lowest BCUT2D eigenvalue weighted by atomic mass is 10.1. The second-order valence-corrected chi connectivity index (χ2v) is 4.69. The number of hydrogen-bond donors (Lipinski definition) is 1. The van der Waals surface area contributed by atoms with E-state index in [4.69, 9.17) is 5.73 Å². The molecular formula is C12H15FN2. The molecule has 1 aliphatic heterocycles. The van der Waals surface area contributed by atoms with Crippen molar-refractivity contribution in [1.29, 1.82) is 0 Å². The first-order valence-corrected chi connectivity index (χ1v) is 5.55. The third-order valence-electron chi connectivity index (χ3n) is 3.71. The molecule has 1 aliphatic carbocycles. The summed E-state index contributed by atoms with van der Waals surface area (Å²) in [5.41, 5.74) is 7.48. The molecule has 0 aromatic heterocycles. The predicted molar refractivity (Wildman–Crippen MR) is 59.3 cm³/mol. The number of fused-ring (bicyclic) bond motifs is 2. The second-order valence-electron chi connectivity index (χ2n) is 4.69. The number of nitrogens with two attached hydrogens (primary N) is 1. The molecule has 2 atom stereocenters. The minimum Gasteiger partial charge on any atom is -0.397 e. The zero-order chi connectivity index (χ0) is 10.4. The SMILES string of the molecule is Nc1ccc(F)cc1N1CC2CCC1C2. The van der Waals surface area contributed by atoms with Crippen molar-refractivity contribution in [1.82, 2.24) is 0 Å². The van der Waals surface area contributed by atoms with E-state index < -0.39 is 0 Å². The monoisotopic (exact) mass is 206 g/mol. The van der Waals surface area contributed by atoms with E-state index >= 15 is 0 Å². The predicted octanol–water partition coefficient (Wildman–Crippen LogP) is 2.40. The van der Waals surface area contributed by atoms with E-state index in [0.717, 1.165) is 18.2 Å². The van der Waals surface area contributed by atoms with Crippen LogP contribution in [-0.4, -0.2) is 12.6 Å². The van der Waals surface area contributed by atoms with Gasteiger partial charge in [-0.25, -0.2) is 4.39 Å². The average Bonchev–Trinajstić information content (AvgIpc) is 2.83. The van der Waals surface area contributed by atoms with Gasteiger partial charge < -0.3 is 10.6 Å². The molecule has 2 bridgehead atoms. The number of nitrogens with zero attached hydrogens (tertiary/aromatic N) is 1. The van der Waals surface area contributed by atoms with Crippen molar-refractivity contribution in [3.63, 3.8) is 0 Å². The van der Waals surface area contributed by atoms with Gasteiger partial charge in [0.2, 0.25) is 0 Å². The van der Waals surface area contributed by atoms with Gasteiger partial charge in [0.05, 0.1) is 11.4 Å². The summed E-state index contributed by atoms with van der Waals surface area (Å²) in [6, 6.07) is 5.25. The Labute approximate surface area is 88.9 Å². The van der Waals surface area contributed by atoms with Crippen LogP contribution in [0.2, 0.25) is 0 Å². The smallest absolute Gasteiger partial charge is 0.125 e. The third-order valence-corrected chi connectivity index (χ3v) is 3.71. The molecule has 3 heteroatoms. The van der Waals surface area contributed by atoms with E-state index in [1.54, 1.807) is 12.1 Å². The summed E-state index contributed by atoms with van der Waals surface area (Å²) in [5, 5.41) is 0. The van der Waals surface area contributed by atoms with Crippen LogP contribution in [-0.2, 0) is 0 Å². The van der Waals surface area contributed by atoms with Crippen molar-refractivity contribution in [3.8, 4) is 0 Å². The Bertz CT molecular complexity index is 391. The number of hydrogen-bond acceptors (Lipinski definition) is 2. The minimum atomic E-state index is -0.193. The number of nitrogen functional groups attached to an aromatic ring is 1. The number of halogens is 1. The molecule has 0 amide bonds. The third kappa shape index (κ3) is 1.37. The van der Waals surface area contributed by atoms with Gasteiger partial charge in [0.25, 0.3) is 0 Å². The zero-order valence-corrected chi connectivity index (χ0v) is 8.62. The van der Waals surface area contributed by atoms with Crippen molar-refractivity contribution in [3.05, 3.63) is 24.0 Å². The van der Waals surface area contributed by atoms with E-state index in [-0.39, 0.29) is 5.82 Å². The fourth-order valence-corrected chi connectivity index (χ4v) is 2.99. The molecule has 1 saturated carbocycles. The standard InChI is InChI=1S/C12H15FN2/c13-9-2-4-11(14)12(6-9)15-7-8-1-3-10(15)5-8/h2,4,6,8,10H,1,3,5,7,14H2. The van der Waals surface area contributed by atoms with Crippen molar-refractivity contribution in [2.45, 2.75) is 25.3 Å². The van der Waals surface area contributed by atoms with Crippen LogP contribution in [0, 0.1) is 11.7 Å². The summed E-state index contributed by atoms with van der Waals surface area (Å²) >= 11 is 0. The van der Waals surface area contributed by atoms with Crippen LogP contribution in [0.5, 0.6) is 0 Å². The van der Waals surface area contributed by atoms with Crippen LogP contribution in [0.1, 0.15) is 19.3 Å². The molecule has 1 heterocycles. The highest BCUT2D eigenvalue weighted by atomic mass is 19.1. The number of benzene rings is 1. The summed E-state index contributed by atoms with van der Waals surface area (Å²) in [5.74, 6) is 0.611. The highest BCUT2D eigenvalue weighted by molar-refractivity contribution is 5.68. The van der Waals surface area contributed by atoms with Gasteiger partial charge >= 0.3 is 0 Å². The lowest BCUT2D eigenvalue weighted by Crippen LogP contribution is -2.32. The van der Waals surface area contributed by atoms with Crippen LogP contribution in [0.25, 0.3) is 0 Å². The maximum Gasteiger partial charge on any atom is 0.125 e.